The van der Waals surface area contributed by atoms with Crippen LogP contribution in [0.5, 0.6) is 0 Å². The predicted octanol–water partition coefficient (Wildman–Crippen LogP) is 1.65. The highest BCUT2D eigenvalue weighted by atomic mass is 16.2. The zero-order valence-electron chi connectivity index (χ0n) is 13.2. The van der Waals surface area contributed by atoms with Crippen LogP contribution in [0.25, 0.3) is 0 Å². The summed E-state index contributed by atoms with van der Waals surface area (Å²) in [5, 5.41) is 3.46. The highest BCUT2D eigenvalue weighted by molar-refractivity contribution is 5.97. The quantitative estimate of drug-likeness (QED) is 0.898. The summed E-state index contributed by atoms with van der Waals surface area (Å²) in [6.45, 7) is 8.93. The van der Waals surface area contributed by atoms with Gasteiger partial charge in [0.2, 0.25) is 5.91 Å². The Balaban J connectivity index is 1.73. The van der Waals surface area contributed by atoms with Gasteiger partial charge in [0.15, 0.2) is 0 Å². The Morgan fingerprint density at radius 1 is 1.24 bits per heavy atom. The third-order valence-corrected chi connectivity index (χ3v) is 4.71. The van der Waals surface area contributed by atoms with E-state index in [9.17, 15) is 4.79 Å². The molecule has 1 aromatic rings. The minimum Gasteiger partial charge on any atom is -0.311 e. The second-order valence-electron chi connectivity index (χ2n) is 6.53. The molecule has 1 N–H and O–H groups in total. The summed E-state index contributed by atoms with van der Waals surface area (Å²) in [5.74, 6) is 0.230. The minimum absolute atomic E-state index is 0.230. The number of benzene rings is 1. The van der Waals surface area contributed by atoms with Crippen LogP contribution < -0.4 is 10.2 Å². The van der Waals surface area contributed by atoms with Gasteiger partial charge in [0.05, 0.1) is 6.54 Å². The van der Waals surface area contributed by atoms with E-state index in [0.29, 0.717) is 18.6 Å². The van der Waals surface area contributed by atoms with Gasteiger partial charge in [-0.05, 0) is 38.8 Å². The first-order valence-electron chi connectivity index (χ1n) is 7.93. The smallest absolute Gasteiger partial charge is 0.241 e. The van der Waals surface area contributed by atoms with Gasteiger partial charge in [-0.1, -0.05) is 18.2 Å². The van der Waals surface area contributed by atoms with Crippen LogP contribution >= 0.6 is 0 Å². The number of carbonyl (C=O) groups is 1. The minimum atomic E-state index is 0.230. The Kier molecular flexibility index (Phi) is 4.00. The van der Waals surface area contributed by atoms with E-state index in [0.717, 1.165) is 25.2 Å². The number of nitrogens with zero attached hydrogens (tertiary/aromatic N) is 2. The number of piperazine rings is 1. The van der Waals surface area contributed by atoms with Crippen molar-refractivity contribution in [2.24, 2.45) is 0 Å². The number of hydrogen-bond donors (Lipinski definition) is 1. The lowest BCUT2D eigenvalue weighted by Crippen LogP contribution is -2.57. The molecule has 1 saturated heterocycles. The number of amides is 1. The van der Waals surface area contributed by atoms with E-state index in [-0.39, 0.29) is 11.9 Å². The SMILES string of the molecule is CC1CN(CC(=O)N2c3ccccc3CC2C)C(C)CN1. The predicted molar refractivity (Wildman–Crippen MR) is 85.6 cm³/mol. The molecule has 0 aliphatic carbocycles. The number of rotatable bonds is 2. The van der Waals surface area contributed by atoms with Crippen molar-refractivity contribution in [1.82, 2.24) is 10.2 Å². The van der Waals surface area contributed by atoms with Gasteiger partial charge in [-0.3, -0.25) is 9.69 Å². The normalized spacial score (nSPS) is 29.5. The monoisotopic (exact) mass is 287 g/mol. The van der Waals surface area contributed by atoms with E-state index in [1.54, 1.807) is 0 Å². The molecule has 4 nitrogen and oxygen atoms in total. The second-order valence-corrected chi connectivity index (χ2v) is 6.53. The van der Waals surface area contributed by atoms with Gasteiger partial charge >= 0.3 is 0 Å². The third kappa shape index (κ3) is 2.83. The van der Waals surface area contributed by atoms with Crippen LogP contribution in [0.4, 0.5) is 5.69 Å². The lowest BCUT2D eigenvalue weighted by molar-refractivity contribution is -0.120. The van der Waals surface area contributed by atoms with Crippen LogP contribution in [0.1, 0.15) is 26.3 Å². The number of para-hydroxylation sites is 1. The lowest BCUT2D eigenvalue weighted by atomic mass is 10.1. The summed E-state index contributed by atoms with van der Waals surface area (Å²) in [6.07, 6.45) is 0.968. The van der Waals surface area contributed by atoms with Gasteiger partial charge in [0.1, 0.15) is 0 Å². The molecule has 3 rings (SSSR count). The summed E-state index contributed by atoms with van der Waals surface area (Å²) in [6, 6.07) is 9.42. The molecule has 114 valence electrons. The van der Waals surface area contributed by atoms with Crippen molar-refractivity contribution in [2.75, 3.05) is 24.5 Å². The van der Waals surface area contributed by atoms with E-state index in [1.807, 2.05) is 11.0 Å². The first kappa shape index (κ1) is 14.5. The van der Waals surface area contributed by atoms with Crippen LogP contribution in [-0.4, -0.2) is 48.6 Å². The fraction of sp³-hybridized carbons (Fsp3) is 0.588. The Bertz CT molecular complexity index is 531. The van der Waals surface area contributed by atoms with Crippen molar-refractivity contribution >= 4 is 11.6 Å². The number of carbonyl (C=O) groups excluding carboxylic acids is 1. The highest BCUT2D eigenvalue weighted by Crippen LogP contribution is 2.31. The Morgan fingerprint density at radius 2 is 2.00 bits per heavy atom. The molecule has 0 spiro atoms. The first-order valence-corrected chi connectivity index (χ1v) is 7.93. The molecule has 0 bridgehead atoms. The maximum Gasteiger partial charge on any atom is 0.241 e. The molecule has 3 atom stereocenters. The van der Waals surface area contributed by atoms with E-state index >= 15 is 0 Å². The summed E-state index contributed by atoms with van der Waals surface area (Å²) >= 11 is 0. The number of hydrogen-bond acceptors (Lipinski definition) is 3. The summed E-state index contributed by atoms with van der Waals surface area (Å²) in [4.78, 5) is 17.1. The second kappa shape index (κ2) is 5.78. The molecule has 0 saturated carbocycles. The molecular formula is C17H25N3O. The van der Waals surface area contributed by atoms with E-state index in [1.165, 1.54) is 5.56 Å². The molecule has 1 amide bonds. The molecule has 4 heteroatoms. The summed E-state index contributed by atoms with van der Waals surface area (Å²) in [7, 11) is 0. The Morgan fingerprint density at radius 3 is 2.81 bits per heavy atom. The van der Waals surface area contributed by atoms with Crippen LogP contribution in [-0.2, 0) is 11.2 Å². The van der Waals surface area contributed by atoms with Gasteiger partial charge in [-0.25, -0.2) is 0 Å². The standard InChI is InChI=1S/C17H25N3O/c1-12-10-19(14(3)9-18-12)11-17(21)20-13(2)8-15-6-4-5-7-16(15)20/h4-7,12-14,18H,8-11H2,1-3H3. The van der Waals surface area contributed by atoms with Crippen molar-refractivity contribution in [2.45, 2.75) is 45.3 Å². The van der Waals surface area contributed by atoms with Crippen LogP contribution in [0.15, 0.2) is 24.3 Å². The average Bonchev–Trinajstić information content (AvgIpc) is 2.78. The lowest BCUT2D eigenvalue weighted by Gasteiger charge is -2.38. The molecule has 3 unspecified atom stereocenters. The summed E-state index contributed by atoms with van der Waals surface area (Å²) in [5.41, 5.74) is 2.39. The number of nitrogens with one attached hydrogen (secondary N) is 1. The topological polar surface area (TPSA) is 35.6 Å². The molecule has 2 aliphatic heterocycles. The van der Waals surface area contributed by atoms with Gasteiger partial charge in [-0.15, -0.1) is 0 Å². The summed E-state index contributed by atoms with van der Waals surface area (Å²) < 4.78 is 0. The molecule has 1 aromatic carbocycles. The van der Waals surface area contributed by atoms with E-state index in [4.69, 9.17) is 0 Å². The maximum atomic E-state index is 12.8. The molecule has 0 radical (unpaired) electrons. The number of anilines is 1. The van der Waals surface area contributed by atoms with Crippen LogP contribution in [0, 0.1) is 0 Å². The van der Waals surface area contributed by atoms with Crippen LogP contribution in [0.2, 0.25) is 0 Å². The fourth-order valence-corrected chi connectivity index (χ4v) is 3.51. The van der Waals surface area contributed by atoms with E-state index in [2.05, 4.69) is 49.2 Å². The van der Waals surface area contributed by atoms with Gasteiger partial charge in [0.25, 0.3) is 0 Å². The average molecular weight is 287 g/mol. The molecule has 2 heterocycles. The maximum absolute atomic E-state index is 12.8. The van der Waals surface area contributed by atoms with Gasteiger partial charge in [-0.2, -0.15) is 0 Å². The Labute approximate surface area is 127 Å². The van der Waals surface area contributed by atoms with E-state index < -0.39 is 0 Å². The first-order chi connectivity index (χ1) is 10.1. The van der Waals surface area contributed by atoms with Crippen molar-refractivity contribution in [3.8, 4) is 0 Å². The van der Waals surface area contributed by atoms with Gasteiger partial charge in [0, 0.05) is 36.9 Å². The highest BCUT2D eigenvalue weighted by Gasteiger charge is 2.33. The fourth-order valence-electron chi connectivity index (χ4n) is 3.51. The third-order valence-electron chi connectivity index (χ3n) is 4.71. The van der Waals surface area contributed by atoms with Crippen molar-refractivity contribution in [3.63, 3.8) is 0 Å². The molecule has 21 heavy (non-hydrogen) atoms. The van der Waals surface area contributed by atoms with Crippen molar-refractivity contribution in [3.05, 3.63) is 29.8 Å². The number of fused-ring (bicyclic) bond motifs is 1. The van der Waals surface area contributed by atoms with Crippen molar-refractivity contribution in [1.29, 1.82) is 0 Å². The van der Waals surface area contributed by atoms with Crippen molar-refractivity contribution < 1.29 is 4.79 Å². The molecule has 1 fully saturated rings. The molecular weight excluding hydrogens is 262 g/mol. The molecule has 0 aromatic heterocycles. The largest absolute Gasteiger partial charge is 0.311 e. The molecule has 2 aliphatic rings. The van der Waals surface area contributed by atoms with Gasteiger partial charge < -0.3 is 10.2 Å². The van der Waals surface area contributed by atoms with Crippen LogP contribution in [0.3, 0.4) is 0 Å². The zero-order valence-corrected chi connectivity index (χ0v) is 13.2. The Hall–Kier alpha value is -1.39. The zero-order chi connectivity index (χ0) is 15.0.